The molecule has 0 atom stereocenters. The Morgan fingerprint density at radius 3 is 1.60 bits per heavy atom. The minimum absolute atomic E-state index is 0.789. The summed E-state index contributed by atoms with van der Waals surface area (Å²) < 4.78 is 16.9. The summed E-state index contributed by atoms with van der Waals surface area (Å²) in [5.41, 5.74) is 9.18. The number of hydrogen-bond donors (Lipinski definition) is 0. The van der Waals surface area contributed by atoms with Crippen molar-refractivity contribution in [3.63, 3.8) is 0 Å². The van der Waals surface area contributed by atoms with Crippen molar-refractivity contribution in [1.82, 2.24) is 0 Å². The van der Waals surface area contributed by atoms with Gasteiger partial charge in [0.15, 0.2) is 0 Å². The van der Waals surface area contributed by atoms with E-state index < -0.39 is 0 Å². The minimum atomic E-state index is 0.789. The highest BCUT2D eigenvalue weighted by Crippen LogP contribution is 2.34. The zero-order valence-corrected chi connectivity index (χ0v) is 18.8. The van der Waals surface area contributed by atoms with Gasteiger partial charge in [-0.05, 0) is 61.2 Å². The second-order valence-corrected chi connectivity index (χ2v) is 8.38. The smallest absolute Gasteiger partial charge is 0.124 e. The van der Waals surface area contributed by atoms with Crippen LogP contribution in [-0.4, -0.2) is 59.7 Å². The van der Waals surface area contributed by atoms with Crippen LogP contribution in [0.1, 0.15) is 27.8 Å². The Labute approximate surface area is 180 Å². The predicted molar refractivity (Wildman–Crippen MR) is 123 cm³/mol. The molecule has 5 nitrogen and oxygen atoms in total. The molecule has 2 aliphatic rings. The molecule has 2 aliphatic heterocycles. The van der Waals surface area contributed by atoms with E-state index in [0.717, 1.165) is 64.8 Å². The molecule has 4 rings (SSSR count). The highest BCUT2D eigenvalue weighted by molar-refractivity contribution is 5.60. The predicted octanol–water partition coefficient (Wildman–Crippen LogP) is 3.88. The maximum atomic E-state index is 5.85. The highest BCUT2D eigenvalue weighted by atomic mass is 16.5. The molecule has 2 aromatic carbocycles. The van der Waals surface area contributed by atoms with Crippen LogP contribution in [0.5, 0.6) is 5.75 Å². The molecule has 0 saturated carbocycles. The Hall–Kier alpha value is -2.24. The van der Waals surface area contributed by atoms with Crippen molar-refractivity contribution >= 4 is 11.4 Å². The van der Waals surface area contributed by atoms with Crippen molar-refractivity contribution in [2.24, 2.45) is 0 Å². The number of ether oxygens (including phenoxy) is 3. The van der Waals surface area contributed by atoms with Crippen molar-refractivity contribution in [3.05, 3.63) is 52.1 Å². The van der Waals surface area contributed by atoms with Crippen molar-refractivity contribution in [1.29, 1.82) is 0 Å². The van der Waals surface area contributed by atoms with Crippen LogP contribution >= 0.6 is 0 Å². The second-order valence-electron chi connectivity index (χ2n) is 8.38. The number of hydrogen-bond acceptors (Lipinski definition) is 5. The quantitative estimate of drug-likeness (QED) is 0.747. The van der Waals surface area contributed by atoms with Crippen LogP contribution in [0.4, 0.5) is 11.4 Å². The van der Waals surface area contributed by atoms with E-state index in [1.807, 2.05) is 0 Å². The van der Waals surface area contributed by atoms with Crippen LogP contribution in [0.2, 0.25) is 0 Å². The van der Waals surface area contributed by atoms with Gasteiger partial charge < -0.3 is 24.0 Å². The van der Waals surface area contributed by atoms with Gasteiger partial charge >= 0.3 is 0 Å². The fourth-order valence-electron chi connectivity index (χ4n) is 4.61. The van der Waals surface area contributed by atoms with Crippen molar-refractivity contribution < 1.29 is 14.2 Å². The molecule has 162 valence electrons. The molecular weight excluding hydrogens is 376 g/mol. The van der Waals surface area contributed by atoms with E-state index in [4.69, 9.17) is 14.2 Å². The van der Waals surface area contributed by atoms with Crippen LogP contribution in [-0.2, 0) is 15.9 Å². The van der Waals surface area contributed by atoms with Gasteiger partial charge in [0.1, 0.15) is 5.75 Å². The molecule has 2 fully saturated rings. The number of anilines is 2. The molecule has 0 N–H and O–H groups in total. The first kappa shape index (κ1) is 21.0. The third kappa shape index (κ3) is 4.42. The first-order chi connectivity index (χ1) is 14.6. The topological polar surface area (TPSA) is 34.2 Å². The lowest BCUT2D eigenvalue weighted by Crippen LogP contribution is -2.36. The maximum absolute atomic E-state index is 5.85. The Kier molecular flexibility index (Phi) is 6.49. The van der Waals surface area contributed by atoms with Crippen LogP contribution in [0.3, 0.4) is 0 Å². The van der Waals surface area contributed by atoms with Gasteiger partial charge in [-0.3, -0.25) is 0 Å². The summed E-state index contributed by atoms with van der Waals surface area (Å²) in [5.74, 6) is 0.979. The SMILES string of the molecule is COc1cc(N2CCOCC2)cc(C)c1Cc1c(C)cc(N2CCOCC2)cc1C. The average molecular weight is 411 g/mol. The monoisotopic (exact) mass is 410 g/mol. The fraction of sp³-hybridized carbons (Fsp3) is 0.520. The molecule has 5 heteroatoms. The average Bonchev–Trinajstić information content (AvgIpc) is 2.77. The normalized spacial score (nSPS) is 17.3. The van der Waals surface area contributed by atoms with Crippen LogP contribution in [0.15, 0.2) is 24.3 Å². The number of methoxy groups -OCH3 is 1. The molecule has 30 heavy (non-hydrogen) atoms. The van der Waals surface area contributed by atoms with E-state index in [0.29, 0.717) is 0 Å². The summed E-state index contributed by atoms with van der Waals surface area (Å²) in [6.07, 6.45) is 0.888. The van der Waals surface area contributed by atoms with E-state index in [-0.39, 0.29) is 0 Å². The zero-order chi connectivity index (χ0) is 21.1. The summed E-state index contributed by atoms with van der Waals surface area (Å²) in [6.45, 7) is 13.7. The Morgan fingerprint density at radius 2 is 1.13 bits per heavy atom. The lowest BCUT2D eigenvalue weighted by atomic mass is 9.92. The summed E-state index contributed by atoms with van der Waals surface area (Å²) >= 11 is 0. The molecule has 0 amide bonds. The van der Waals surface area contributed by atoms with Gasteiger partial charge in [-0.1, -0.05) is 0 Å². The summed E-state index contributed by atoms with van der Waals surface area (Å²) in [4.78, 5) is 4.81. The van der Waals surface area contributed by atoms with Crippen molar-refractivity contribution in [2.75, 3.05) is 69.5 Å². The standard InChI is InChI=1S/C25H34N2O3/c1-18-13-21(26-5-9-29-10-6-26)14-19(2)23(18)17-24-20(3)15-22(16-25(24)28-4)27-7-11-30-12-8-27/h13-16H,5-12,17H2,1-4H3. The summed E-state index contributed by atoms with van der Waals surface area (Å²) in [7, 11) is 1.78. The second kappa shape index (κ2) is 9.27. The molecule has 2 heterocycles. The van der Waals surface area contributed by atoms with Crippen LogP contribution in [0, 0.1) is 20.8 Å². The minimum Gasteiger partial charge on any atom is -0.496 e. The van der Waals surface area contributed by atoms with Crippen LogP contribution < -0.4 is 14.5 Å². The van der Waals surface area contributed by atoms with E-state index >= 15 is 0 Å². The van der Waals surface area contributed by atoms with Gasteiger partial charge in [-0.15, -0.1) is 0 Å². The molecule has 2 saturated heterocycles. The molecule has 0 aromatic heterocycles. The largest absolute Gasteiger partial charge is 0.496 e. The number of benzene rings is 2. The molecule has 0 bridgehead atoms. The van der Waals surface area contributed by atoms with Crippen molar-refractivity contribution in [2.45, 2.75) is 27.2 Å². The summed E-state index contributed by atoms with van der Waals surface area (Å²) in [5, 5.41) is 0. The third-order valence-electron chi connectivity index (χ3n) is 6.42. The first-order valence-electron chi connectivity index (χ1n) is 11.0. The lowest BCUT2D eigenvalue weighted by Gasteiger charge is -2.30. The van der Waals surface area contributed by atoms with Gasteiger partial charge in [-0.25, -0.2) is 0 Å². The molecule has 0 unspecified atom stereocenters. The van der Waals surface area contributed by atoms with Gasteiger partial charge in [0.2, 0.25) is 0 Å². The Balaban J connectivity index is 1.61. The third-order valence-corrected chi connectivity index (χ3v) is 6.42. The Morgan fingerprint density at radius 1 is 0.700 bits per heavy atom. The first-order valence-corrected chi connectivity index (χ1v) is 11.0. The zero-order valence-electron chi connectivity index (χ0n) is 18.8. The van der Waals surface area contributed by atoms with Gasteiger partial charge in [0.05, 0.1) is 33.5 Å². The molecular formula is C25H34N2O3. The van der Waals surface area contributed by atoms with Gasteiger partial charge in [-0.2, -0.15) is 0 Å². The van der Waals surface area contributed by atoms with E-state index in [2.05, 4.69) is 54.8 Å². The molecule has 0 radical (unpaired) electrons. The highest BCUT2D eigenvalue weighted by Gasteiger charge is 2.18. The summed E-state index contributed by atoms with van der Waals surface area (Å²) in [6, 6.07) is 9.16. The molecule has 2 aromatic rings. The number of morpholine rings is 2. The van der Waals surface area contributed by atoms with Gasteiger partial charge in [0, 0.05) is 55.6 Å². The van der Waals surface area contributed by atoms with Crippen LogP contribution in [0.25, 0.3) is 0 Å². The van der Waals surface area contributed by atoms with E-state index in [1.165, 1.54) is 39.2 Å². The van der Waals surface area contributed by atoms with Crippen molar-refractivity contribution in [3.8, 4) is 5.75 Å². The number of nitrogens with zero attached hydrogens (tertiary/aromatic N) is 2. The maximum Gasteiger partial charge on any atom is 0.124 e. The fourth-order valence-corrected chi connectivity index (χ4v) is 4.61. The van der Waals surface area contributed by atoms with Gasteiger partial charge in [0.25, 0.3) is 0 Å². The number of aryl methyl sites for hydroxylation is 3. The Bertz CT molecular complexity index is 861. The number of rotatable bonds is 5. The lowest BCUT2D eigenvalue weighted by molar-refractivity contribution is 0.122. The van der Waals surface area contributed by atoms with E-state index in [9.17, 15) is 0 Å². The molecule has 0 spiro atoms. The molecule has 0 aliphatic carbocycles. The van der Waals surface area contributed by atoms with E-state index in [1.54, 1.807) is 7.11 Å².